The smallest absolute Gasteiger partial charge is 0.137 e. The molecule has 0 saturated carbocycles. The molecule has 2 rings (SSSR count). The molecule has 1 heterocycles. The number of thiocarbonyl (C=S) groups is 1. The molecule has 0 saturated heterocycles. The molecule has 92 valence electrons. The van der Waals surface area contributed by atoms with Crippen molar-refractivity contribution >= 4 is 33.1 Å². The molecule has 0 aliphatic carbocycles. The Morgan fingerprint density at radius 2 is 2.00 bits per heavy atom. The third-order valence-electron chi connectivity index (χ3n) is 2.11. The lowest BCUT2D eigenvalue weighted by Gasteiger charge is -2.07. The Morgan fingerprint density at radius 1 is 1.28 bits per heavy atom. The molecule has 1 aromatic heterocycles. The Bertz CT molecular complexity index is 606. The van der Waals surface area contributed by atoms with Crippen molar-refractivity contribution in [2.24, 2.45) is 5.73 Å². The lowest BCUT2D eigenvalue weighted by molar-refractivity contribution is 0.479. The van der Waals surface area contributed by atoms with Crippen LogP contribution in [0.4, 0.5) is 4.39 Å². The Labute approximate surface area is 117 Å². The molecule has 0 aliphatic rings. The number of benzene rings is 1. The zero-order chi connectivity index (χ0) is 13.1. The normalized spacial score (nSPS) is 10.1. The van der Waals surface area contributed by atoms with Crippen LogP contribution >= 0.6 is 28.1 Å². The van der Waals surface area contributed by atoms with Crippen molar-refractivity contribution in [2.75, 3.05) is 0 Å². The highest BCUT2D eigenvalue weighted by Crippen LogP contribution is 2.26. The van der Waals surface area contributed by atoms with Gasteiger partial charge in [-0.2, -0.15) is 0 Å². The van der Waals surface area contributed by atoms with E-state index in [2.05, 4.69) is 20.9 Å². The molecule has 0 fully saturated rings. The fourth-order valence-electron chi connectivity index (χ4n) is 1.29. The van der Waals surface area contributed by atoms with Crippen LogP contribution in [0.2, 0.25) is 0 Å². The molecule has 0 aliphatic heterocycles. The van der Waals surface area contributed by atoms with Gasteiger partial charge in [-0.1, -0.05) is 12.2 Å². The number of rotatable bonds is 3. The number of hydrogen-bond acceptors (Lipinski definition) is 3. The summed E-state index contributed by atoms with van der Waals surface area (Å²) in [6.07, 6.45) is 1.54. The number of halogens is 2. The topological polar surface area (TPSA) is 48.1 Å². The van der Waals surface area contributed by atoms with Crippen LogP contribution in [0.25, 0.3) is 0 Å². The first kappa shape index (κ1) is 12.9. The molecule has 0 bridgehead atoms. The number of nitrogens with two attached hydrogens (primary N) is 1. The Kier molecular flexibility index (Phi) is 3.88. The molecule has 1 aromatic carbocycles. The summed E-state index contributed by atoms with van der Waals surface area (Å²) in [5.41, 5.74) is 5.95. The minimum atomic E-state index is -0.346. The van der Waals surface area contributed by atoms with Crippen molar-refractivity contribution in [3.05, 3.63) is 52.5 Å². The van der Waals surface area contributed by atoms with Crippen LogP contribution in [-0.2, 0) is 0 Å². The number of pyridine rings is 1. The predicted octanol–water partition coefficient (Wildman–Crippen LogP) is 3.41. The zero-order valence-electron chi connectivity index (χ0n) is 9.06. The van der Waals surface area contributed by atoms with Gasteiger partial charge in [0.15, 0.2) is 0 Å². The Hall–Kier alpha value is -1.53. The molecule has 0 atom stereocenters. The second kappa shape index (κ2) is 5.41. The fraction of sp³-hybridized carbons (Fsp3) is 0. The van der Waals surface area contributed by atoms with E-state index >= 15 is 0 Å². The summed E-state index contributed by atoms with van der Waals surface area (Å²) in [6, 6.07) is 7.67. The third kappa shape index (κ3) is 3.02. The van der Waals surface area contributed by atoms with E-state index in [4.69, 9.17) is 22.7 Å². The van der Waals surface area contributed by atoms with Gasteiger partial charge in [-0.3, -0.25) is 4.98 Å². The highest BCUT2D eigenvalue weighted by Gasteiger charge is 2.04. The van der Waals surface area contributed by atoms with Crippen LogP contribution in [0, 0.1) is 5.82 Å². The quantitative estimate of drug-likeness (QED) is 0.878. The average molecular weight is 327 g/mol. The molecule has 0 radical (unpaired) electrons. The van der Waals surface area contributed by atoms with Gasteiger partial charge in [-0.05, 0) is 40.2 Å². The molecule has 18 heavy (non-hydrogen) atoms. The Morgan fingerprint density at radius 3 is 2.67 bits per heavy atom. The molecule has 3 nitrogen and oxygen atoms in total. The number of ether oxygens (including phenoxy) is 1. The van der Waals surface area contributed by atoms with E-state index in [9.17, 15) is 4.39 Å². The average Bonchev–Trinajstić information content (AvgIpc) is 2.34. The zero-order valence-corrected chi connectivity index (χ0v) is 11.5. The standard InChI is InChI=1S/C12H8BrFN2OS/c13-9-5-7(1-2-10(9)14)17-8-3-4-16-11(6-8)12(15)18/h1-6H,(H2,15,18). The minimum absolute atomic E-state index is 0.195. The van der Waals surface area contributed by atoms with Gasteiger partial charge in [0.1, 0.15) is 28.0 Å². The number of nitrogens with zero attached hydrogens (tertiary/aromatic N) is 1. The lowest BCUT2D eigenvalue weighted by atomic mass is 10.3. The maximum absolute atomic E-state index is 13.1. The first-order valence-corrected chi connectivity index (χ1v) is 6.15. The molecular formula is C12H8BrFN2OS. The summed E-state index contributed by atoms with van der Waals surface area (Å²) in [4.78, 5) is 4.19. The van der Waals surface area contributed by atoms with E-state index in [0.717, 1.165) is 0 Å². The van der Waals surface area contributed by atoms with Crippen LogP contribution < -0.4 is 10.5 Å². The van der Waals surface area contributed by atoms with Gasteiger partial charge < -0.3 is 10.5 Å². The fourth-order valence-corrected chi connectivity index (χ4v) is 1.76. The number of aromatic nitrogens is 1. The van der Waals surface area contributed by atoms with E-state index in [0.29, 0.717) is 21.7 Å². The van der Waals surface area contributed by atoms with Crippen LogP contribution in [0.1, 0.15) is 5.69 Å². The van der Waals surface area contributed by atoms with Gasteiger partial charge in [0.2, 0.25) is 0 Å². The van der Waals surface area contributed by atoms with E-state index in [1.165, 1.54) is 18.2 Å². The van der Waals surface area contributed by atoms with Gasteiger partial charge in [0.05, 0.1) is 4.47 Å². The van der Waals surface area contributed by atoms with E-state index < -0.39 is 0 Å². The molecule has 0 unspecified atom stereocenters. The van der Waals surface area contributed by atoms with Crippen molar-refractivity contribution < 1.29 is 9.13 Å². The molecule has 0 amide bonds. The third-order valence-corrected chi connectivity index (χ3v) is 2.93. The van der Waals surface area contributed by atoms with Crippen molar-refractivity contribution in [1.29, 1.82) is 0 Å². The largest absolute Gasteiger partial charge is 0.457 e. The van der Waals surface area contributed by atoms with Crippen LogP contribution in [0.15, 0.2) is 41.0 Å². The van der Waals surface area contributed by atoms with Gasteiger partial charge in [0, 0.05) is 12.3 Å². The monoisotopic (exact) mass is 326 g/mol. The first-order chi connectivity index (χ1) is 8.56. The molecule has 2 N–H and O–H groups in total. The SMILES string of the molecule is NC(=S)c1cc(Oc2ccc(F)c(Br)c2)ccn1. The minimum Gasteiger partial charge on any atom is -0.457 e. The first-order valence-electron chi connectivity index (χ1n) is 4.95. The van der Waals surface area contributed by atoms with Gasteiger partial charge >= 0.3 is 0 Å². The molecule has 6 heteroatoms. The van der Waals surface area contributed by atoms with Crippen molar-refractivity contribution in [1.82, 2.24) is 4.98 Å². The second-order valence-corrected chi connectivity index (χ2v) is 4.71. The summed E-state index contributed by atoms with van der Waals surface area (Å²) >= 11 is 7.92. The van der Waals surface area contributed by atoms with Crippen LogP contribution in [-0.4, -0.2) is 9.97 Å². The van der Waals surface area contributed by atoms with Crippen molar-refractivity contribution in [3.8, 4) is 11.5 Å². The van der Waals surface area contributed by atoms with Crippen LogP contribution in [0.3, 0.4) is 0 Å². The maximum atomic E-state index is 13.1. The van der Waals surface area contributed by atoms with Crippen molar-refractivity contribution in [2.45, 2.75) is 0 Å². The molecule has 2 aromatic rings. The summed E-state index contributed by atoms with van der Waals surface area (Å²) in [5, 5.41) is 0. The van der Waals surface area contributed by atoms with Gasteiger partial charge in [0.25, 0.3) is 0 Å². The van der Waals surface area contributed by atoms with Gasteiger partial charge in [-0.15, -0.1) is 0 Å². The summed E-state index contributed by atoms with van der Waals surface area (Å²) in [5.74, 6) is 0.690. The summed E-state index contributed by atoms with van der Waals surface area (Å²) in [6.45, 7) is 0. The summed E-state index contributed by atoms with van der Waals surface area (Å²) in [7, 11) is 0. The maximum Gasteiger partial charge on any atom is 0.137 e. The van der Waals surface area contributed by atoms with Crippen molar-refractivity contribution in [3.63, 3.8) is 0 Å². The van der Waals surface area contributed by atoms with E-state index in [1.807, 2.05) is 0 Å². The summed E-state index contributed by atoms with van der Waals surface area (Å²) < 4.78 is 19.0. The molecule has 0 spiro atoms. The Balaban J connectivity index is 2.25. The van der Waals surface area contributed by atoms with E-state index in [-0.39, 0.29) is 10.8 Å². The molecular weight excluding hydrogens is 319 g/mol. The highest BCUT2D eigenvalue weighted by atomic mass is 79.9. The second-order valence-electron chi connectivity index (χ2n) is 3.42. The van der Waals surface area contributed by atoms with E-state index in [1.54, 1.807) is 18.3 Å². The number of hydrogen-bond donors (Lipinski definition) is 1. The highest BCUT2D eigenvalue weighted by molar-refractivity contribution is 9.10. The van der Waals surface area contributed by atoms with Crippen LogP contribution in [0.5, 0.6) is 11.5 Å². The lowest BCUT2D eigenvalue weighted by Crippen LogP contribution is -2.11. The predicted molar refractivity (Wildman–Crippen MR) is 74.3 cm³/mol. The van der Waals surface area contributed by atoms with Gasteiger partial charge in [-0.25, -0.2) is 4.39 Å².